The van der Waals surface area contributed by atoms with Crippen LogP contribution in [0.3, 0.4) is 0 Å². The summed E-state index contributed by atoms with van der Waals surface area (Å²) in [5.41, 5.74) is 2.27. The maximum Gasteiger partial charge on any atom is 0.265 e. The molecule has 0 unspecified atom stereocenters. The lowest BCUT2D eigenvalue weighted by Crippen LogP contribution is -2.29. The Labute approximate surface area is 169 Å². The topological polar surface area (TPSA) is 66.5 Å². The summed E-state index contributed by atoms with van der Waals surface area (Å²) in [4.78, 5) is 12.6. The van der Waals surface area contributed by atoms with Gasteiger partial charge in [0.05, 0.1) is 10.6 Å². The van der Waals surface area contributed by atoms with E-state index in [0.29, 0.717) is 27.7 Å². The lowest BCUT2D eigenvalue weighted by molar-refractivity contribution is -0.116. The van der Waals surface area contributed by atoms with Gasteiger partial charge in [-0.25, -0.2) is 8.42 Å². The molecule has 5 nitrogen and oxygen atoms in total. The Hall–Kier alpha value is -2.57. The van der Waals surface area contributed by atoms with Crippen LogP contribution in [-0.4, -0.2) is 20.9 Å². The van der Waals surface area contributed by atoms with Gasteiger partial charge in [-0.2, -0.15) is 0 Å². The van der Waals surface area contributed by atoms with Crippen molar-refractivity contribution in [3.8, 4) is 0 Å². The van der Waals surface area contributed by atoms with E-state index in [1.165, 1.54) is 4.31 Å². The van der Waals surface area contributed by atoms with E-state index in [4.69, 9.17) is 11.6 Å². The fourth-order valence-corrected chi connectivity index (χ4v) is 5.44. The van der Waals surface area contributed by atoms with Crippen molar-refractivity contribution in [3.05, 3.63) is 65.2 Å². The van der Waals surface area contributed by atoms with E-state index in [0.717, 1.165) is 16.3 Å². The molecule has 7 heteroatoms. The molecule has 28 heavy (non-hydrogen) atoms. The van der Waals surface area contributed by atoms with Gasteiger partial charge < -0.3 is 5.32 Å². The van der Waals surface area contributed by atoms with Crippen LogP contribution in [0, 0.1) is 6.92 Å². The zero-order valence-electron chi connectivity index (χ0n) is 15.3. The van der Waals surface area contributed by atoms with E-state index in [-0.39, 0.29) is 18.9 Å². The highest BCUT2D eigenvalue weighted by molar-refractivity contribution is 7.93. The summed E-state index contributed by atoms with van der Waals surface area (Å²) in [6.07, 6.45) is 0.624. The van der Waals surface area contributed by atoms with Gasteiger partial charge in [-0.15, -0.1) is 0 Å². The minimum atomic E-state index is -3.58. The zero-order valence-corrected chi connectivity index (χ0v) is 16.8. The van der Waals surface area contributed by atoms with Gasteiger partial charge in [0.2, 0.25) is 5.91 Å². The minimum absolute atomic E-state index is 0.169. The maximum atomic E-state index is 12.9. The second kappa shape index (κ2) is 7.11. The molecule has 144 valence electrons. The van der Waals surface area contributed by atoms with E-state index < -0.39 is 10.0 Å². The first-order valence-electron chi connectivity index (χ1n) is 8.98. The molecule has 1 heterocycles. The Kier molecular flexibility index (Phi) is 4.77. The number of hydrogen-bond donors (Lipinski definition) is 1. The number of benzene rings is 3. The highest BCUT2D eigenvalue weighted by atomic mass is 35.5. The number of carbonyl (C=O) groups excluding carboxylic acids is 1. The summed E-state index contributed by atoms with van der Waals surface area (Å²) < 4.78 is 27.3. The van der Waals surface area contributed by atoms with Crippen molar-refractivity contribution in [1.29, 1.82) is 0 Å². The van der Waals surface area contributed by atoms with Crippen LogP contribution in [0.25, 0.3) is 10.8 Å². The number of halogens is 1. The average molecular weight is 415 g/mol. The second-order valence-corrected chi connectivity index (χ2v) is 9.09. The third kappa shape index (κ3) is 3.23. The van der Waals surface area contributed by atoms with Gasteiger partial charge in [-0.1, -0.05) is 41.9 Å². The van der Waals surface area contributed by atoms with Crippen LogP contribution in [0.5, 0.6) is 0 Å². The van der Waals surface area contributed by atoms with Crippen molar-refractivity contribution in [2.45, 2.75) is 24.7 Å². The van der Waals surface area contributed by atoms with Crippen molar-refractivity contribution >= 4 is 49.7 Å². The summed E-state index contributed by atoms with van der Waals surface area (Å²) in [5, 5.41) is 5.05. The molecule has 1 aliphatic heterocycles. The fraction of sp³-hybridized carbons (Fsp3) is 0.190. The molecule has 1 N–H and O–H groups in total. The minimum Gasteiger partial charge on any atom is -0.326 e. The van der Waals surface area contributed by atoms with E-state index >= 15 is 0 Å². The number of rotatable bonds is 5. The molecule has 0 aromatic heterocycles. The lowest BCUT2D eigenvalue weighted by Gasteiger charge is -2.18. The zero-order chi connectivity index (χ0) is 19.9. The molecule has 0 saturated heterocycles. The molecule has 0 aliphatic carbocycles. The number of sulfonamides is 1. The lowest BCUT2D eigenvalue weighted by atomic mass is 10.1. The fourth-order valence-electron chi connectivity index (χ4n) is 3.52. The number of amides is 1. The molecule has 3 aromatic carbocycles. The Morgan fingerprint density at radius 2 is 1.86 bits per heavy atom. The highest BCUT2D eigenvalue weighted by Crippen LogP contribution is 2.41. The van der Waals surface area contributed by atoms with Crippen molar-refractivity contribution in [3.63, 3.8) is 0 Å². The standard InChI is InChI=1S/C21H19ClN2O3S/c1-14-10-11-16(22)13-17(14)23-20(25)9-4-12-24-18-7-2-5-15-6-3-8-19(21(15)18)28(24,26)27/h2-3,5-8,10-11,13H,4,9,12H2,1H3,(H,23,25). The number of nitrogens with one attached hydrogen (secondary N) is 1. The third-order valence-electron chi connectivity index (χ3n) is 4.92. The Morgan fingerprint density at radius 3 is 2.64 bits per heavy atom. The summed E-state index contributed by atoms with van der Waals surface area (Å²) in [6.45, 7) is 2.14. The molecule has 0 spiro atoms. The maximum absolute atomic E-state index is 12.9. The normalized spacial score (nSPS) is 14.4. The first-order valence-corrected chi connectivity index (χ1v) is 10.8. The largest absolute Gasteiger partial charge is 0.326 e. The number of nitrogens with zero attached hydrogens (tertiary/aromatic N) is 1. The summed E-state index contributed by atoms with van der Waals surface area (Å²) in [6, 6.07) is 16.2. The number of anilines is 2. The van der Waals surface area contributed by atoms with Crippen molar-refractivity contribution in [1.82, 2.24) is 0 Å². The van der Waals surface area contributed by atoms with Crippen molar-refractivity contribution < 1.29 is 13.2 Å². The van der Waals surface area contributed by atoms with Gasteiger partial charge in [0.1, 0.15) is 0 Å². The number of aryl methyl sites for hydroxylation is 1. The van der Waals surface area contributed by atoms with Crippen molar-refractivity contribution in [2.24, 2.45) is 0 Å². The first-order chi connectivity index (χ1) is 13.4. The van der Waals surface area contributed by atoms with E-state index in [9.17, 15) is 13.2 Å². The SMILES string of the molecule is Cc1ccc(Cl)cc1NC(=O)CCCN1c2cccc3cccc(c23)S1(=O)=O. The molecule has 3 aromatic rings. The van der Waals surface area contributed by atoms with E-state index in [2.05, 4.69) is 5.32 Å². The predicted octanol–water partition coefficient (Wildman–Crippen LogP) is 4.73. The van der Waals surface area contributed by atoms with Crippen LogP contribution in [0.15, 0.2) is 59.5 Å². The van der Waals surface area contributed by atoms with E-state index in [1.807, 2.05) is 37.3 Å². The molecule has 0 fully saturated rings. The van der Waals surface area contributed by atoms with Crippen LogP contribution in [-0.2, 0) is 14.8 Å². The molecule has 0 radical (unpaired) electrons. The van der Waals surface area contributed by atoms with Gasteiger partial charge in [-0.05, 0) is 48.6 Å². The van der Waals surface area contributed by atoms with Gasteiger partial charge >= 0.3 is 0 Å². The van der Waals surface area contributed by atoms with Crippen LogP contribution in [0.4, 0.5) is 11.4 Å². The quantitative estimate of drug-likeness (QED) is 0.656. The van der Waals surface area contributed by atoms with Crippen LogP contribution in [0.1, 0.15) is 18.4 Å². The number of hydrogen-bond acceptors (Lipinski definition) is 3. The van der Waals surface area contributed by atoms with Gasteiger partial charge in [0, 0.05) is 29.1 Å². The van der Waals surface area contributed by atoms with Crippen LogP contribution in [0.2, 0.25) is 5.02 Å². The molecule has 0 bridgehead atoms. The third-order valence-corrected chi connectivity index (χ3v) is 7.01. The molecule has 0 saturated carbocycles. The highest BCUT2D eigenvalue weighted by Gasteiger charge is 2.35. The average Bonchev–Trinajstić information content (AvgIpc) is 2.88. The van der Waals surface area contributed by atoms with Gasteiger partial charge in [0.15, 0.2) is 0 Å². The molecular weight excluding hydrogens is 396 g/mol. The van der Waals surface area contributed by atoms with Crippen LogP contribution >= 0.6 is 11.6 Å². The second-order valence-electron chi connectivity index (χ2n) is 6.82. The Morgan fingerprint density at radius 1 is 1.11 bits per heavy atom. The Bertz CT molecular complexity index is 1190. The summed E-state index contributed by atoms with van der Waals surface area (Å²) >= 11 is 5.98. The first kappa shape index (κ1) is 18.8. The molecule has 0 atom stereocenters. The van der Waals surface area contributed by atoms with Crippen molar-refractivity contribution in [2.75, 3.05) is 16.2 Å². The number of carbonyl (C=O) groups is 1. The molecular formula is C21H19ClN2O3S. The smallest absolute Gasteiger partial charge is 0.265 e. The molecule has 4 rings (SSSR count). The summed E-state index contributed by atoms with van der Waals surface area (Å²) in [7, 11) is -3.58. The molecule has 1 aliphatic rings. The van der Waals surface area contributed by atoms with Gasteiger partial charge in [-0.3, -0.25) is 9.10 Å². The van der Waals surface area contributed by atoms with E-state index in [1.54, 1.807) is 24.3 Å². The summed E-state index contributed by atoms with van der Waals surface area (Å²) in [5.74, 6) is -0.169. The monoisotopic (exact) mass is 414 g/mol. The predicted molar refractivity (Wildman–Crippen MR) is 113 cm³/mol. The van der Waals surface area contributed by atoms with Gasteiger partial charge in [0.25, 0.3) is 10.0 Å². The van der Waals surface area contributed by atoms with Crippen LogP contribution < -0.4 is 9.62 Å². The molecule has 1 amide bonds. The Balaban J connectivity index is 1.47.